The summed E-state index contributed by atoms with van der Waals surface area (Å²) in [7, 11) is 1.37. The standard InChI is InChI=1S/C16H16N6O3S/c1-20-14(23)12-11(18-16(20)25)13(26-19-12)15(24)22-8-6-21(7-9-22)10-4-2-3-5-17-10/h2-5H,6-9H2,1H3,(H,18,25). The van der Waals surface area contributed by atoms with Crippen LogP contribution in [0.5, 0.6) is 0 Å². The minimum Gasteiger partial charge on any atom is -0.353 e. The number of rotatable bonds is 2. The molecule has 1 fully saturated rings. The summed E-state index contributed by atoms with van der Waals surface area (Å²) in [4.78, 5) is 47.9. The topological polar surface area (TPSA) is 104 Å². The van der Waals surface area contributed by atoms with Crippen molar-refractivity contribution in [1.82, 2.24) is 23.8 Å². The van der Waals surface area contributed by atoms with Gasteiger partial charge in [0.25, 0.3) is 11.5 Å². The Hall–Kier alpha value is -3.01. The minimum absolute atomic E-state index is 0.118. The number of hydrogen-bond acceptors (Lipinski definition) is 7. The predicted molar refractivity (Wildman–Crippen MR) is 97.8 cm³/mol. The zero-order chi connectivity index (χ0) is 18.3. The van der Waals surface area contributed by atoms with Crippen LogP contribution in [0.1, 0.15) is 9.67 Å². The largest absolute Gasteiger partial charge is 0.353 e. The van der Waals surface area contributed by atoms with Crippen molar-refractivity contribution in [3.05, 3.63) is 50.1 Å². The average Bonchev–Trinajstić information content (AvgIpc) is 3.10. The van der Waals surface area contributed by atoms with Gasteiger partial charge in [-0.3, -0.25) is 14.2 Å². The van der Waals surface area contributed by atoms with E-state index >= 15 is 0 Å². The quantitative estimate of drug-likeness (QED) is 0.681. The summed E-state index contributed by atoms with van der Waals surface area (Å²) in [5, 5.41) is 0. The van der Waals surface area contributed by atoms with Crippen molar-refractivity contribution in [1.29, 1.82) is 0 Å². The molecule has 0 spiro atoms. The van der Waals surface area contributed by atoms with Gasteiger partial charge in [0.2, 0.25) is 0 Å². The molecule has 26 heavy (non-hydrogen) atoms. The second kappa shape index (κ2) is 6.37. The molecule has 0 radical (unpaired) electrons. The van der Waals surface area contributed by atoms with Crippen LogP contribution in [0.15, 0.2) is 34.0 Å². The number of hydrogen-bond donors (Lipinski definition) is 1. The van der Waals surface area contributed by atoms with Gasteiger partial charge in [0.05, 0.1) is 5.52 Å². The second-order valence-electron chi connectivity index (χ2n) is 6.00. The highest BCUT2D eigenvalue weighted by atomic mass is 32.1. The fraction of sp³-hybridized carbons (Fsp3) is 0.312. The Morgan fingerprint density at radius 2 is 1.96 bits per heavy atom. The highest BCUT2D eigenvalue weighted by Gasteiger charge is 2.26. The van der Waals surface area contributed by atoms with Gasteiger partial charge in [0.1, 0.15) is 10.7 Å². The highest BCUT2D eigenvalue weighted by molar-refractivity contribution is 7.09. The van der Waals surface area contributed by atoms with Crippen LogP contribution in [0, 0.1) is 0 Å². The lowest BCUT2D eigenvalue weighted by molar-refractivity contribution is 0.0753. The van der Waals surface area contributed by atoms with Crippen LogP contribution in [0.3, 0.4) is 0 Å². The Kier molecular flexibility index (Phi) is 4.03. The molecule has 3 aromatic heterocycles. The SMILES string of the molecule is Cn1c(=O)[nH]c2c(C(=O)N3CCN(c4ccccn4)CC3)snc2c1=O. The van der Waals surface area contributed by atoms with Gasteiger partial charge in [0, 0.05) is 39.4 Å². The highest BCUT2D eigenvalue weighted by Crippen LogP contribution is 2.20. The smallest absolute Gasteiger partial charge is 0.328 e. The Bertz CT molecular complexity index is 1080. The summed E-state index contributed by atoms with van der Waals surface area (Å²) in [6, 6.07) is 5.73. The van der Waals surface area contributed by atoms with E-state index in [-0.39, 0.29) is 16.9 Å². The molecule has 4 rings (SSSR count). The Balaban J connectivity index is 1.57. The molecular formula is C16H16N6O3S. The van der Waals surface area contributed by atoms with E-state index in [0.29, 0.717) is 31.1 Å². The molecule has 0 saturated carbocycles. The average molecular weight is 372 g/mol. The van der Waals surface area contributed by atoms with E-state index in [1.54, 1.807) is 11.1 Å². The van der Waals surface area contributed by atoms with E-state index in [1.807, 2.05) is 18.2 Å². The van der Waals surface area contributed by atoms with E-state index < -0.39 is 11.2 Å². The van der Waals surface area contributed by atoms with Gasteiger partial charge in [-0.05, 0) is 23.7 Å². The van der Waals surface area contributed by atoms with Gasteiger partial charge >= 0.3 is 5.69 Å². The zero-order valence-electron chi connectivity index (χ0n) is 14.0. The fourth-order valence-corrected chi connectivity index (χ4v) is 3.76. The lowest BCUT2D eigenvalue weighted by Gasteiger charge is -2.35. The Morgan fingerprint density at radius 3 is 2.65 bits per heavy atom. The molecule has 1 aliphatic heterocycles. The number of amides is 1. The second-order valence-corrected chi connectivity index (χ2v) is 6.77. The summed E-state index contributed by atoms with van der Waals surface area (Å²) in [5.74, 6) is 0.665. The molecule has 0 aliphatic carbocycles. The van der Waals surface area contributed by atoms with Crippen LogP contribution in [0.2, 0.25) is 0 Å². The number of piperazine rings is 1. The number of carbonyl (C=O) groups is 1. The fourth-order valence-electron chi connectivity index (χ4n) is 2.96. The van der Waals surface area contributed by atoms with E-state index in [0.717, 1.165) is 21.9 Å². The summed E-state index contributed by atoms with van der Waals surface area (Å²) in [6.45, 7) is 2.39. The van der Waals surface area contributed by atoms with Crippen LogP contribution < -0.4 is 16.1 Å². The van der Waals surface area contributed by atoms with Gasteiger partial charge < -0.3 is 14.8 Å². The third-order valence-electron chi connectivity index (χ3n) is 4.47. The summed E-state index contributed by atoms with van der Waals surface area (Å²) in [6.07, 6.45) is 1.74. The first-order valence-electron chi connectivity index (χ1n) is 8.10. The first-order chi connectivity index (χ1) is 12.6. The first-order valence-corrected chi connectivity index (χ1v) is 8.87. The van der Waals surface area contributed by atoms with Crippen molar-refractivity contribution < 1.29 is 4.79 Å². The lowest BCUT2D eigenvalue weighted by atomic mass is 10.2. The Labute approximate surface area is 151 Å². The number of aromatic amines is 1. The molecule has 3 aromatic rings. The maximum Gasteiger partial charge on any atom is 0.328 e. The van der Waals surface area contributed by atoms with Crippen molar-refractivity contribution in [2.75, 3.05) is 31.1 Å². The molecule has 4 heterocycles. The van der Waals surface area contributed by atoms with Crippen LogP contribution in [0.4, 0.5) is 5.82 Å². The molecule has 134 valence electrons. The van der Waals surface area contributed by atoms with Crippen LogP contribution in [-0.4, -0.2) is 55.9 Å². The van der Waals surface area contributed by atoms with E-state index in [4.69, 9.17) is 0 Å². The van der Waals surface area contributed by atoms with Crippen LogP contribution >= 0.6 is 11.5 Å². The molecule has 1 N–H and O–H groups in total. The van der Waals surface area contributed by atoms with Gasteiger partial charge in [0.15, 0.2) is 5.52 Å². The van der Waals surface area contributed by atoms with Gasteiger partial charge in [-0.2, -0.15) is 4.37 Å². The number of nitrogens with one attached hydrogen (secondary N) is 1. The van der Waals surface area contributed by atoms with Crippen molar-refractivity contribution in [2.45, 2.75) is 0 Å². The molecule has 1 aliphatic rings. The Morgan fingerprint density at radius 1 is 1.19 bits per heavy atom. The van der Waals surface area contributed by atoms with Gasteiger partial charge in [-0.25, -0.2) is 9.78 Å². The number of fused-ring (bicyclic) bond motifs is 1. The molecule has 0 atom stereocenters. The maximum absolute atomic E-state index is 12.9. The molecule has 0 unspecified atom stereocenters. The van der Waals surface area contributed by atoms with Crippen molar-refractivity contribution in [3.63, 3.8) is 0 Å². The molecule has 1 saturated heterocycles. The minimum atomic E-state index is -0.559. The maximum atomic E-state index is 12.9. The molecular weight excluding hydrogens is 356 g/mol. The third-order valence-corrected chi connectivity index (χ3v) is 5.31. The number of carbonyl (C=O) groups excluding carboxylic acids is 1. The first kappa shape index (κ1) is 16.5. The van der Waals surface area contributed by atoms with Crippen molar-refractivity contribution in [2.24, 2.45) is 7.05 Å². The normalized spacial score (nSPS) is 14.8. The summed E-state index contributed by atoms with van der Waals surface area (Å²) < 4.78 is 5.02. The molecule has 0 aromatic carbocycles. The summed E-state index contributed by atoms with van der Waals surface area (Å²) in [5.41, 5.74) is -0.719. The van der Waals surface area contributed by atoms with E-state index in [1.165, 1.54) is 7.05 Å². The van der Waals surface area contributed by atoms with Gasteiger partial charge in [-0.15, -0.1) is 0 Å². The summed E-state index contributed by atoms with van der Waals surface area (Å²) >= 11 is 0.943. The predicted octanol–water partition coefficient (Wildman–Crippen LogP) is 0.0407. The number of H-pyrrole nitrogens is 1. The lowest BCUT2D eigenvalue weighted by Crippen LogP contribution is -2.49. The third kappa shape index (κ3) is 2.68. The zero-order valence-corrected chi connectivity index (χ0v) is 14.8. The molecule has 10 heteroatoms. The monoisotopic (exact) mass is 372 g/mol. The van der Waals surface area contributed by atoms with Crippen molar-refractivity contribution >= 4 is 34.3 Å². The number of nitrogens with zero attached hydrogens (tertiary/aromatic N) is 5. The van der Waals surface area contributed by atoms with E-state index in [9.17, 15) is 14.4 Å². The van der Waals surface area contributed by atoms with E-state index in [2.05, 4.69) is 19.2 Å². The number of pyridine rings is 1. The van der Waals surface area contributed by atoms with Crippen molar-refractivity contribution in [3.8, 4) is 0 Å². The number of aromatic nitrogens is 4. The molecule has 0 bridgehead atoms. The molecule has 1 amide bonds. The van der Waals surface area contributed by atoms with Crippen LogP contribution in [0.25, 0.3) is 11.0 Å². The number of anilines is 1. The van der Waals surface area contributed by atoms with Crippen LogP contribution in [-0.2, 0) is 7.05 Å². The van der Waals surface area contributed by atoms with Gasteiger partial charge in [-0.1, -0.05) is 6.07 Å². The molecule has 9 nitrogen and oxygen atoms in total.